The number of Topliss-reactive ketones (excluding diaryl/α,β-unsaturated/α-hetero) is 1. The van der Waals surface area contributed by atoms with Gasteiger partial charge in [-0.25, -0.2) is 0 Å². The summed E-state index contributed by atoms with van der Waals surface area (Å²) >= 11 is 5.96. The van der Waals surface area contributed by atoms with Crippen LogP contribution in [0.5, 0.6) is 5.75 Å². The predicted octanol–water partition coefficient (Wildman–Crippen LogP) is 6.25. The van der Waals surface area contributed by atoms with Crippen LogP contribution >= 0.6 is 11.6 Å². The molecule has 0 aromatic heterocycles. The van der Waals surface area contributed by atoms with Crippen molar-refractivity contribution in [2.45, 2.75) is 45.1 Å². The minimum atomic E-state index is 0.127. The molecule has 30 heavy (non-hydrogen) atoms. The fourth-order valence-corrected chi connectivity index (χ4v) is 4.45. The van der Waals surface area contributed by atoms with Crippen molar-refractivity contribution in [3.05, 3.63) is 75.3 Å². The number of benzene rings is 2. The monoisotopic (exact) mass is 421 g/mol. The molecule has 0 atom stereocenters. The lowest BCUT2D eigenvalue weighted by Crippen LogP contribution is -2.29. The van der Waals surface area contributed by atoms with Crippen LogP contribution in [0.3, 0.4) is 0 Å². The fourth-order valence-electron chi connectivity index (χ4n) is 4.32. The number of aromatic hydroxyl groups is 1. The molecule has 1 saturated carbocycles. The van der Waals surface area contributed by atoms with E-state index in [4.69, 9.17) is 11.6 Å². The number of phenols is 1. The molecule has 156 valence electrons. The van der Waals surface area contributed by atoms with Gasteiger partial charge in [0, 0.05) is 28.3 Å². The molecule has 2 fully saturated rings. The molecule has 2 aromatic carbocycles. The Morgan fingerprint density at radius 1 is 0.867 bits per heavy atom. The molecule has 4 heteroatoms. The van der Waals surface area contributed by atoms with Crippen LogP contribution in [0.1, 0.15) is 55.2 Å². The standard InChI is InChI=1S/C26H28ClNO2/c27-24-10-7-19(8-11-24)15-21-5-4-6-22(26(21)30)16-20-9-12-25(29)23(17-20)18-28-13-2-1-3-14-28/h7-12,15-17,29H,1-6,13-14,18H2/b21-15-,22-16+. The Hall–Kier alpha value is -2.36. The number of piperidine rings is 1. The molecule has 1 N–H and O–H groups in total. The highest BCUT2D eigenvalue weighted by Gasteiger charge is 2.21. The van der Waals surface area contributed by atoms with Crippen molar-refractivity contribution in [2.75, 3.05) is 13.1 Å². The fraction of sp³-hybridized carbons (Fsp3) is 0.346. The van der Waals surface area contributed by atoms with Gasteiger partial charge in [0.15, 0.2) is 5.78 Å². The first-order valence-electron chi connectivity index (χ1n) is 10.8. The van der Waals surface area contributed by atoms with Crippen LogP contribution in [0.4, 0.5) is 0 Å². The average molecular weight is 422 g/mol. The number of nitrogens with zero attached hydrogens (tertiary/aromatic N) is 1. The molecule has 4 rings (SSSR count). The average Bonchev–Trinajstić information content (AvgIpc) is 2.76. The molecule has 1 aliphatic carbocycles. The first kappa shape index (κ1) is 20.9. The van der Waals surface area contributed by atoms with Crippen LogP contribution in [0.15, 0.2) is 53.6 Å². The normalized spacial score (nSPS) is 20.8. The summed E-state index contributed by atoms with van der Waals surface area (Å²) in [6.45, 7) is 2.93. The number of halogens is 1. The summed E-state index contributed by atoms with van der Waals surface area (Å²) in [5, 5.41) is 11.0. The maximum Gasteiger partial charge on any atom is 0.185 e. The lowest BCUT2D eigenvalue weighted by Gasteiger charge is -2.26. The summed E-state index contributed by atoms with van der Waals surface area (Å²) in [5.74, 6) is 0.461. The van der Waals surface area contributed by atoms with Gasteiger partial charge in [0.25, 0.3) is 0 Å². The number of hydrogen-bond donors (Lipinski definition) is 1. The van der Waals surface area contributed by atoms with Crippen LogP contribution < -0.4 is 0 Å². The van der Waals surface area contributed by atoms with E-state index < -0.39 is 0 Å². The Balaban J connectivity index is 1.54. The third kappa shape index (κ3) is 5.21. The van der Waals surface area contributed by atoms with Crippen molar-refractivity contribution in [1.82, 2.24) is 4.90 Å². The van der Waals surface area contributed by atoms with E-state index in [2.05, 4.69) is 4.90 Å². The molecule has 0 radical (unpaired) electrons. The van der Waals surface area contributed by atoms with Gasteiger partial charge in [0.1, 0.15) is 5.75 Å². The Morgan fingerprint density at radius 2 is 1.50 bits per heavy atom. The van der Waals surface area contributed by atoms with Crippen molar-refractivity contribution < 1.29 is 9.90 Å². The molecule has 0 amide bonds. The number of rotatable bonds is 4. The van der Waals surface area contributed by atoms with Crippen LogP contribution in [-0.2, 0) is 11.3 Å². The summed E-state index contributed by atoms with van der Waals surface area (Å²) in [4.78, 5) is 15.4. The van der Waals surface area contributed by atoms with Gasteiger partial charge in [0.2, 0.25) is 0 Å². The van der Waals surface area contributed by atoms with Crippen LogP contribution in [0.2, 0.25) is 5.02 Å². The molecule has 3 nitrogen and oxygen atoms in total. The number of hydrogen-bond acceptors (Lipinski definition) is 3. The van der Waals surface area contributed by atoms with Crippen molar-refractivity contribution in [3.63, 3.8) is 0 Å². The van der Waals surface area contributed by atoms with Crippen molar-refractivity contribution in [3.8, 4) is 5.75 Å². The van der Waals surface area contributed by atoms with Crippen molar-refractivity contribution >= 4 is 29.5 Å². The smallest absolute Gasteiger partial charge is 0.185 e. The summed E-state index contributed by atoms with van der Waals surface area (Å²) in [7, 11) is 0. The SMILES string of the molecule is O=C1/C(=C\c2ccc(Cl)cc2)CCC/C1=C\c1ccc(O)c(CN2CCCCC2)c1. The van der Waals surface area contributed by atoms with E-state index in [1.54, 1.807) is 6.07 Å². The lowest BCUT2D eigenvalue weighted by atomic mass is 9.86. The minimum absolute atomic E-state index is 0.127. The minimum Gasteiger partial charge on any atom is -0.508 e. The summed E-state index contributed by atoms with van der Waals surface area (Å²) in [6, 6.07) is 13.2. The molecule has 0 unspecified atom stereocenters. The summed E-state index contributed by atoms with van der Waals surface area (Å²) in [6.07, 6.45) is 10.3. The largest absolute Gasteiger partial charge is 0.508 e. The van der Waals surface area contributed by atoms with Gasteiger partial charge in [-0.1, -0.05) is 36.2 Å². The molecular weight excluding hydrogens is 394 g/mol. The van der Waals surface area contributed by atoms with E-state index in [1.165, 1.54) is 19.3 Å². The third-order valence-electron chi connectivity index (χ3n) is 5.97. The van der Waals surface area contributed by atoms with E-state index in [0.717, 1.165) is 66.7 Å². The highest BCUT2D eigenvalue weighted by atomic mass is 35.5. The van der Waals surface area contributed by atoms with Gasteiger partial charge in [-0.2, -0.15) is 0 Å². The number of carbonyl (C=O) groups is 1. The number of ketones is 1. The zero-order valence-electron chi connectivity index (χ0n) is 17.2. The second-order valence-electron chi connectivity index (χ2n) is 8.30. The van der Waals surface area contributed by atoms with E-state index in [1.807, 2.05) is 48.6 Å². The molecule has 0 bridgehead atoms. The van der Waals surface area contributed by atoms with E-state index >= 15 is 0 Å². The van der Waals surface area contributed by atoms with E-state index in [9.17, 15) is 9.90 Å². The molecule has 1 aliphatic heterocycles. The number of carbonyl (C=O) groups excluding carboxylic acids is 1. The predicted molar refractivity (Wildman–Crippen MR) is 123 cm³/mol. The number of phenolic OH excluding ortho intramolecular Hbond substituents is 1. The van der Waals surface area contributed by atoms with Gasteiger partial charge < -0.3 is 5.11 Å². The molecule has 1 heterocycles. The maximum absolute atomic E-state index is 13.0. The summed E-state index contributed by atoms with van der Waals surface area (Å²) < 4.78 is 0. The zero-order chi connectivity index (χ0) is 20.9. The van der Waals surface area contributed by atoms with Crippen LogP contribution in [0, 0.1) is 0 Å². The molecule has 0 spiro atoms. The number of likely N-dealkylation sites (tertiary alicyclic amines) is 1. The van der Waals surface area contributed by atoms with E-state index in [-0.39, 0.29) is 5.78 Å². The first-order valence-corrected chi connectivity index (χ1v) is 11.2. The maximum atomic E-state index is 13.0. The number of allylic oxidation sites excluding steroid dienone is 2. The second kappa shape index (κ2) is 9.63. The van der Waals surface area contributed by atoms with Crippen LogP contribution in [0.25, 0.3) is 12.2 Å². The van der Waals surface area contributed by atoms with Gasteiger partial charge in [0.05, 0.1) is 0 Å². The Kier molecular flexibility index (Phi) is 6.71. The molecule has 1 saturated heterocycles. The molecular formula is C26H28ClNO2. The van der Waals surface area contributed by atoms with Gasteiger partial charge in [-0.05, 0) is 92.7 Å². The highest BCUT2D eigenvalue weighted by molar-refractivity contribution is 6.30. The van der Waals surface area contributed by atoms with Gasteiger partial charge >= 0.3 is 0 Å². The van der Waals surface area contributed by atoms with Crippen molar-refractivity contribution in [2.24, 2.45) is 0 Å². The van der Waals surface area contributed by atoms with Gasteiger partial charge in [-0.3, -0.25) is 9.69 Å². The highest BCUT2D eigenvalue weighted by Crippen LogP contribution is 2.30. The Morgan fingerprint density at radius 3 is 2.20 bits per heavy atom. The first-order chi connectivity index (χ1) is 14.6. The topological polar surface area (TPSA) is 40.5 Å². The second-order valence-corrected chi connectivity index (χ2v) is 8.73. The molecule has 2 aliphatic rings. The van der Waals surface area contributed by atoms with Crippen LogP contribution in [-0.4, -0.2) is 28.9 Å². The zero-order valence-corrected chi connectivity index (χ0v) is 18.0. The van der Waals surface area contributed by atoms with Gasteiger partial charge in [-0.15, -0.1) is 0 Å². The third-order valence-corrected chi connectivity index (χ3v) is 6.23. The Bertz CT molecular complexity index is 969. The molecule has 2 aromatic rings. The lowest BCUT2D eigenvalue weighted by molar-refractivity contribution is -0.112. The summed E-state index contributed by atoms with van der Waals surface area (Å²) in [5.41, 5.74) is 4.61. The van der Waals surface area contributed by atoms with Crippen molar-refractivity contribution in [1.29, 1.82) is 0 Å². The van der Waals surface area contributed by atoms with E-state index in [0.29, 0.717) is 10.8 Å². The Labute approximate surface area is 183 Å². The quantitative estimate of drug-likeness (QED) is 0.593.